The molecular formula is C22H26ClNO4. The quantitative estimate of drug-likeness (QED) is 0.467. The SMILES string of the molecule is C=C1C(=O)C2(C=O)CC(=O)CC1C2.CN1CCC(O)(c2ccc(Cl)cc2)CC1. The smallest absolute Gasteiger partial charge is 0.172 e. The highest BCUT2D eigenvalue weighted by Crippen LogP contribution is 2.48. The van der Waals surface area contributed by atoms with E-state index in [2.05, 4.69) is 18.5 Å². The molecule has 150 valence electrons. The summed E-state index contributed by atoms with van der Waals surface area (Å²) in [7, 11) is 2.08. The molecule has 3 aliphatic rings. The zero-order chi connectivity index (χ0) is 20.5. The van der Waals surface area contributed by atoms with Gasteiger partial charge in [0.1, 0.15) is 12.1 Å². The fourth-order valence-corrected chi connectivity index (χ4v) is 4.51. The summed E-state index contributed by atoms with van der Waals surface area (Å²) in [5.74, 6) is -0.271. The molecule has 1 heterocycles. The number of halogens is 1. The second kappa shape index (κ2) is 7.90. The maximum atomic E-state index is 11.6. The fraction of sp³-hybridized carbons (Fsp3) is 0.500. The number of ketones is 2. The van der Waals surface area contributed by atoms with Crippen LogP contribution in [0.25, 0.3) is 0 Å². The van der Waals surface area contributed by atoms with Gasteiger partial charge >= 0.3 is 0 Å². The number of hydrogen-bond donors (Lipinski definition) is 1. The maximum absolute atomic E-state index is 11.6. The Bertz CT molecular complexity index is 795. The van der Waals surface area contributed by atoms with Gasteiger partial charge in [-0.1, -0.05) is 30.3 Å². The molecule has 1 aromatic carbocycles. The van der Waals surface area contributed by atoms with Crippen LogP contribution in [0.2, 0.25) is 5.02 Å². The summed E-state index contributed by atoms with van der Waals surface area (Å²) >= 11 is 5.83. The van der Waals surface area contributed by atoms with Gasteiger partial charge in [-0.3, -0.25) is 9.59 Å². The Kier molecular flexibility index (Phi) is 5.89. The minimum Gasteiger partial charge on any atom is -0.385 e. The van der Waals surface area contributed by atoms with Crippen LogP contribution in [0.3, 0.4) is 0 Å². The van der Waals surface area contributed by atoms with E-state index in [1.165, 1.54) is 0 Å². The number of hydrogen-bond acceptors (Lipinski definition) is 5. The van der Waals surface area contributed by atoms with Gasteiger partial charge in [0.2, 0.25) is 0 Å². The molecule has 5 nitrogen and oxygen atoms in total. The van der Waals surface area contributed by atoms with E-state index < -0.39 is 11.0 Å². The first-order valence-corrected chi connectivity index (χ1v) is 9.95. The number of Topliss-reactive ketones (excluding diaryl/α,β-unsaturated/α-hetero) is 2. The number of aliphatic hydroxyl groups is 1. The summed E-state index contributed by atoms with van der Waals surface area (Å²) in [4.78, 5) is 35.9. The van der Waals surface area contributed by atoms with Crippen molar-refractivity contribution in [2.75, 3.05) is 20.1 Å². The highest BCUT2D eigenvalue weighted by atomic mass is 35.5. The van der Waals surface area contributed by atoms with Gasteiger partial charge in [0.05, 0.1) is 11.0 Å². The zero-order valence-corrected chi connectivity index (χ0v) is 16.9. The molecule has 2 atom stereocenters. The van der Waals surface area contributed by atoms with Crippen molar-refractivity contribution in [3.63, 3.8) is 0 Å². The lowest BCUT2D eigenvalue weighted by atomic mass is 9.76. The third-order valence-corrected chi connectivity index (χ3v) is 6.51. The van der Waals surface area contributed by atoms with E-state index in [1.54, 1.807) is 0 Å². The molecule has 0 radical (unpaired) electrons. The number of fused-ring (bicyclic) bond motifs is 2. The molecule has 2 unspecified atom stereocenters. The van der Waals surface area contributed by atoms with E-state index in [-0.39, 0.29) is 23.9 Å². The van der Waals surface area contributed by atoms with Gasteiger partial charge in [-0.05, 0) is 55.5 Å². The zero-order valence-electron chi connectivity index (χ0n) is 16.1. The number of benzene rings is 1. The Labute approximate surface area is 170 Å². The first kappa shape index (κ1) is 20.9. The van der Waals surface area contributed by atoms with Crippen LogP contribution in [0.15, 0.2) is 36.4 Å². The van der Waals surface area contributed by atoms with Crippen molar-refractivity contribution in [3.05, 3.63) is 47.0 Å². The molecule has 6 heteroatoms. The van der Waals surface area contributed by atoms with Crippen molar-refractivity contribution >= 4 is 29.5 Å². The van der Waals surface area contributed by atoms with Gasteiger partial charge in [-0.2, -0.15) is 0 Å². The van der Waals surface area contributed by atoms with Crippen molar-refractivity contribution < 1.29 is 19.5 Å². The van der Waals surface area contributed by atoms with E-state index in [4.69, 9.17) is 11.6 Å². The predicted octanol–water partition coefficient (Wildman–Crippen LogP) is 2.93. The molecule has 0 aromatic heterocycles. The maximum Gasteiger partial charge on any atom is 0.172 e. The Morgan fingerprint density at radius 1 is 1.21 bits per heavy atom. The molecule has 28 heavy (non-hydrogen) atoms. The molecule has 4 rings (SSSR count). The van der Waals surface area contributed by atoms with E-state index >= 15 is 0 Å². The van der Waals surface area contributed by atoms with Crippen LogP contribution in [-0.2, 0) is 20.0 Å². The Morgan fingerprint density at radius 2 is 1.82 bits per heavy atom. The van der Waals surface area contributed by atoms with Crippen molar-refractivity contribution in [1.82, 2.24) is 4.90 Å². The Balaban J connectivity index is 0.000000162. The summed E-state index contributed by atoms with van der Waals surface area (Å²) in [6, 6.07) is 7.53. The largest absolute Gasteiger partial charge is 0.385 e. The molecule has 1 aromatic rings. The molecular weight excluding hydrogens is 378 g/mol. The summed E-state index contributed by atoms with van der Waals surface area (Å²) in [5, 5.41) is 11.2. The van der Waals surface area contributed by atoms with Crippen LogP contribution >= 0.6 is 11.6 Å². The predicted molar refractivity (Wildman–Crippen MR) is 107 cm³/mol. The molecule has 3 fully saturated rings. The van der Waals surface area contributed by atoms with Gasteiger partial charge in [0.25, 0.3) is 0 Å². The number of likely N-dealkylation sites (tertiary alicyclic amines) is 1. The lowest BCUT2D eigenvalue weighted by Gasteiger charge is -2.36. The third kappa shape index (κ3) is 3.97. The number of aldehydes is 1. The summed E-state index contributed by atoms with van der Waals surface area (Å²) in [5.41, 5.74) is -0.230. The topological polar surface area (TPSA) is 74.7 Å². The number of allylic oxidation sites excluding steroid dienone is 1. The monoisotopic (exact) mass is 403 g/mol. The molecule has 1 N–H and O–H groups in total. The third-order valence-electron chi connectivity index (χ3n) is 6.26. The lowest BCUT2D eigenvalue weighted by molar-refractivity contribution is -0.137. The molecule has 0 spiro atoms. The van der Waals surface area contributed by atoms with Crippen molar-refractivity contribution in [2.45, 2.75) is 37.7 Å². The lowest BCUT2D eigenvalue weighted by Crippen LogP contribution is -2.40. The van der Waals surface area contributed by atoms with Gasteiger partial charge in [-0.25, -0.2) is 0 Å². The van der Waals surface area contributed by atoms with Crippen LogP contribution in [0.1, 0.15) is 37.7 Å². The minimum atomic E-state index is -1.03. The molecule has 0 amide bonds. The Hall–Kier alpha value is -1.82. The normalized spacial score (nSPS) is 29.2. The number of carbonyl (C=O) groups is 3. The first-order valence-electron chi connectivity index (χ1n) is 9.58. The van der Waals surface area contributed by atoms with Crippen LogP contribution < -0.4 is 0 Å². The fourth-order valence-electron chi connectivity index (χ4n) is 4.39. The average molecular weight is 404 g/mol. The van der Waals surface area contributed by atoms with Gasteiger partial charge < -0.3 is 14.8 Å². The summed E-state index contributed by atoms with van der Waals surface area (Å²) in [6.07, 6.45) is 3.21. The molecule has 1 aliphatic heterocycles. The average Bonchev–Trinajstić information content (AvgIpc) is 2.86. The molecule has 2 saturated carbocycles. The molecule has 2 aliphatic carbocycles. The van der Waals surface area contributed by atoms with E-state index in [1.807, 2.05) is 24.3 Å². The Morgan fingerprint density at radius 3 is 2.39 bits per heavy atom. The van der Waals surface area contributed by atoms with Crippen LogP contribution in [0.5, 0.6) is 0 Å². The van der Waals surface area contributed by atoms with Crippen LogP contribution in [0.4, 0.5) is 0 Å². The van der Waals surface area contributed by atoms with E-state index in [9.17, 15) is 19.5 Å². The standard InChI is InChI=1S/C12H16ClNO.C10H10O3/c1-14-8-6-12(15,7-9-14)10-2-4-11(13)5-3-10;1-6-7-2-8(12)4-10(3-7,5-11)9(6)13/h2-5,15H,6-9H2,1H3;5,7H,1-4H2. The van der Waals surface area contributed by atoms with Crippen LogP contribution in [-0.4, -0.2) is 48.0 Å². The molecule has 2 bridgehead atoms. The molecule has 1 saturated heterocycles. The minimum absolute atomic E-state index is 0.00958. The van der Waals surface area contributed by atoms with Crippen molar-refractivity contribution in [2.24, 2.45) is 11.3 Å². The number of rotatable bonds is 2. The van der Waals surface area contributed by atoms with Crippen LogP contribution in [0, 0.1) is 11.3 Å². The highest BCUT2D eigenvalue weighted by Gasteiger charge is 2.53. The number of carbonyl (C=O) groups excluding carboxylic acids is 3. The first-order chi connectivity index (χ1) is 13.2. The van der Waals surface area contributed by atoms with Gasteiger partial charge in [0.15, 0.2) is 5.78 Å². The number of nitrogens with zero attached hydrogens (tertiary/aromatic N) is 1. The second-order valence-electron chi connectivity index (χ2n) is 8.29. The highest BCUT2D eigenvalue weighted by molar-refractivity contribution is 6.30. The summed E-state index contributed by atoms with van der Waals surface area (Å²) in [6.45, 7) is 5.53. The summed E-state index contributed by atoms with van der Waals surface area (Å²) < 4.78 is 0. The van der Waals surface area contributed by atoms with E-state index in [0.29, 0.717) is 24.7 Å². The van der Waals surface area contributed by atoms with Gasteiger partial charge in [-0.15, -0.1) is 0 Å². The van der Waals surface area contributed by atoms with Gasteiger partial charge in [0, 0.05) is 31.0 Å². The van der Waals surface area contributed by atoms with E-state index in [0.717, 1.165) is 36.5 Å². The van der Waals surface area contributed by atoms with Crippen molar-refractivity contribution in [3.8, 4) is 0 Å². The second-order valence-corrected chi connectivity index (χ2v) is 8.73. The van der Waals surface area contributed by atoms with Crippen molar-refractivity contribution in [1.29, 1.82) is 0 Å². The number of piperidine rings is 1.